The summed E-state index contributed by atoms with van der Waals surface area (Å²) in [5, 5.41) is 4.24. The Morgan fingerprint density at radius 1 is 1.03 bits per heavy atom. The Bertz CT molecular complexity index is 1200. The van der Waals surface area contributed by atoms with E-state index >= 15 is 0 Å². The lowest BCUT2D eigenvalue weighted by Crippen LogP contribution is -2.38. The predicted molar refractivity (Wildman–Crippen MR) is 121 cm³/mol. The molecule has 0 saturated carbocycles. The lowest BCUT2D eigenvalue weighted by atomic mass is 10.1. The Labute approximate surface area is 185 Å². The first kappa shape index (κ1) is 22.5. The number of thiophene rings is 1. The molecule has 0 saturated heterocycles. The molecule has 0 atom stereocenters. The summed E-state index contributed by atoms with van der Waals surface area (Å²) in [7, 11) is -3.03. The van der Waals surface area contributed by atoms with E-state index in [4.69, 9.17) is 4.74 Å². The van der Waals surface area contributed by atoms with Gasteiger partial charge in [-0.05, 0) is 60.7 Å². The number of amides is 1. The lowest BCUT2D eigenvalue weighted by molar-refractivity contribution is -0.114. The summed E-state index contributed by atoms with van der Waals surface area (Å²) in [5.41, 5.74) is 2.97. The molecule has 0 spiro atoms. The maximum absolute atomic E-state index is 13.5. The van der Waals surface area contributed by atoms with E-state index < -0.39 is 28.4 Å². The van der Waals surface area contributed by atoms with Gasteiger partial charge in [-0.25, -0.2) is 13.2 Å². The highest BCUT2D eigenvalue weighted by Crippen LogP contribution is 2.29. The number of aryl methyl sites for hydroxylation is 2. The molecule has 0 bridgehead atoms. The van der Waals surface area contributed by atoms with Gasteiger partial charge >= 0.3 is 5.97 Å². The Kier molecular flexibility index (Phi) is 6.77. The second kappa shape index (κ2) is 9.32. The van der Waals surface area contributed by atoms with Gasteiger partial charge in [0.1, 0.15) is 16.3 Å². The minimum Gasteiger partial charge on any atom is -0.465 e. The number of carbonyl (C=O) groups excluding carboxylic acids is 2. The first-order valence-electron chi connectivity index (χ1n) is 9.34. The summed E-state index contributed by atoms with van der Waals surface area (Å²) < 4.78 is 32.6. The second-order valence-corrected chi connectivity index (χ2v) is 9.55. The van der Waals surface area contributed by atoms with Crippen LogP contribution in [0.5, 0.6) is 0 Å². The molecule has 0 aliphatic carbocycles. The van der Waals surface area contributed by atoms with E-state index in [9.17, 15) is 18.0 Å². The Morgan fingerprint density at radius 3 is 2.39 bits per heavy atom. The average molecular weight is 459 g/mol. The van der Waals surface area contributed by atoms with E-state index in [2.05, 4.69) is 5.32 Å². The number of hydrogen-bond acceptors (Lipinski definition) is 6. The van der Waals surface area contributed by atoms with Gasteiger partial charge in [-0.15, -0.1) is 11.3 Å². The van der Waals surface area contributed by atoms with Crippen LogP contribution >= 0.6 is 11.3 Å². The number of anilines is 2. The largest absolute Gasteiger partial charge is 0.465 e. The zero-order valence-electron chi connectivity index (χ0n) is 17.3. The molecule has 1 heterocycles. The number of nitrogens with zero attached hydrogens (tertiary/aromatic N) is 1. The second-order valence-electron chi connectivity index (χ2n) is 6.80. The van der Waals surface area contributed by atoms with E-state index in [0.717, 1.165) is 26.8 Å². The van der Waals surface area contributed by atoms with E-state index in [1.807, 2.05) is 26.0 Å². The number of methoxy groups -OCH3 is 1. The SMILES string of the molecule is COC(=O)c1sccc1S(=O)(=O)N(CC(=O)Nc1ccc(C)c(C)c1)c1ccccc1. The number of benzene rings is 2. The van der Waals surface area contributed by atoms with Crippen LogP contribution in [0.4, 0.5) is 11.4 Å². The Morgan fingerprint density at radius 2 is 1.74 bits per heavy atom. The van der Waals surface area contributed by atoms with Crippen molar-refractivity contribution in [2.45, 2.75) is 18.7 Å². The van der Waals surface area contributed by atoms with Gasteiger partial charge in [0.25, 0.3) is 10.0 Å². The van der Waals surface area contributed by atoms with Crippen molar-refractivity contribution in [1.29, 1.82) is 0 Å². The van der Waals surface area contributed by atoms with Crippen molar-refractivity contribution in [3.63, 3.8) is 0 Å². The molecule has 0 fully saturated rings. The highest BCUT2D eigenvalue weighted by Gasteiger charge is 2.32. The molecule has 7 nitrogen and oxygen atoms in total. The summed E-state index contributed by atoms with van der Waals surface area (Å²) in [6, 6.07) is 15.1. The molecule has 1 N–H and O–H groups in total. The molecule has 3 aromatic rings. The number of para-hydroxylation sites is 1. The fourth-order valence-corrected chi connectivity index (χ4v) is 5.65. The van der Waals surface area contributed by atoms with Crippen LogP contribution < -0.4 is 9.62 Å². The van der Waals surface area contributed by atoms with Crippen molar-refractivity contribution in [2.24, 2.45) is 0 Å². The van der Waals surface area contributed by atoms with E-state index in [1.165, 1.54) is 18.6 Å². The van der Waals surface area contributed by atoms with Gasteiger partial charge < -0.3 is 10.1 Å². The van der Waals surface area contributed by atoms with Crippen LogP contribution in [-0.2, 0) is 19.6 Å². The van der Waals surface area contributed by atoms with Gasteiger partial charge in [-0.1, -0.05) is 24.3 Å². The Hall–Kier alpha value is -3.17. The van der Waals surface area contributed by atoms with Crippen LogP contribution in [0, 0.1) is 13.8 Å². The van der Waals surface area contributed by atoms with Crippen LogP contribution in [-0.4, -0.2) is 33.9 Å². The molecular formula is C22H22N2O5S2. The summed E-state index contributed by atoms with van der Waals surface area (Å²) in [6.45, 7) is 3.43. The third kappa shape index (κ3) is 4.95. The highest BCUT2D eigenvalue weighted by molar-refractivity contribution is 7.93. The van der Waals surface area contributed by atoms with Gasteiger partial charge in [0, 0.05) is 5.69 Å². The lowest BCUT2D eigenvalue weighted by Gasteiger charge is -2.24. The minimum atomic E-state index is -4.22. The van der Waals surface area contributed by atoms with Gasteiger partial charge in [0.05, 0.1) is 12.8 Å². The molecule has 31 heavy (non-hydrogen) atoms. The van der Waals surface area contributed by atoms with Gasteiger partial charge in [0.2, 0.25) is 5.91 Å². The van der Waals surface area contributed by atoms with Gasteiger partial charge in [-0.2, -0.15) is 0 Å². The highest BCUT2D eigenvalue weighted by atomic mass is 32.2. The third-order valence-electron chi connectivity index (χ3n) is 4.69. The fourth-order valence-electron chi connectivity index (χ4n) is 2.92. The molecule has 2 aromatic carbocycles. The third-order valence-corrected chi connectivity index (χ3v) is 7.53. The first-order valence-corrected chi connectivity index (χ1v) is 11.7. The molecule has 3 rings (SSSR count). The van der Waals surface area contributed by atoms with Gasteiger partial charge in [0.15, 0.2) is 0 Å². The normalized spacial score (nSPS) is 11.1. The predicted octanol–water partition coefficient (Wildman–Crippen LogP) is 3.99. The van der Waals surface area contributed by atoms with Gasteiger partial charge in [-0.3, -0.25) is 9.10 Å². The molecule has 0 unspecified atom stereocenters. The number of rotatable bonds is 7. The Balaban J connectivity index is 1.96. The number of ether oxygens (including phenoxy) is 1. The van der Waals surface area contributed by atoms with E-state index in [-0.39, 0.29) is 9.77 Å². The van der Waals surface area contributed by atoms with Crippen molar-refractivity contribution in [1.82, 2.24) is 0 Å². The minimum absolute atomic E-state index is 0.0435. The first-order chi connectivity index (χ1) is 14.7. The number of nitrogens with one attached hydrogen (secondary N) is 1. The quantitative estimate of drug-likeness (QED) is 0.541. The summed E-state index contributed by atoms with van der Waals surface area (Å²) >= 11 is 0.965. The standard InChI is InChI=1S/C22H22N2O5S2/c1-15-9-10-17(13-16(15)2)23-20(25)14-24(18-7-5-4-6-8-18)31(27,28)19-11-12-30-21(19)22(26)29-3/h4-13H,14H2,1-3H3,(H,23,25). The topological polar surface area (TPSA) is 92.8 Å². The van der Waals surface area contributed by atoms with Crippen molar-refractivity contribution < 1.29 is 22.7 Å². The molecule has 0 radical (unpaired) electrons. The van der Waals surface area contributed by atoms with Crippen LogP contribution in [0.2, 0.25) is 0 Å². The van der Waals surface area contributed by atoms with Crippen LogP contribution in [0.15, 0.2) is 64.9 Å². The number of hydrogen-bond donors (Lipinski definition) is 1. The maximum Gasteiger partial charge on any atom is 0.349 e. The number of carbonyl (C=O) groups is 2. The molecule has 9 heteroatoms. The van der Waals surface area contributed by atoms with E-state index in [0.29, 0.717) is 11.4 Å². The van der Waals surface area contributed by atoms with Crippen LogP contribution in [0.3, 0.4) is 0 Å². The zero-order chi connectivity index (χ0) is 22.6. The van der Waals surface area contributed by atoms with Crippen LogP contribution in [0.25, 0.3) is 0 Å². The monoisotopic (exact) mass is 458 g/mol. The van der Waals surface area contributed by atoms with Crippen molar-refractivity contribution in [3.05, 3.63) is 76.0 Å². The number of esters is 1. The average Bonchev–Trinajstić information content (AvgIpc) is 3.25. The smallest absolute Gasteiger partial charge is 0.349 e. The fraction of sp³-hybridized carbons (Fsp3) is 0.182. The van der Waals surface area contributed by atoms with Crippen LogP contribution in [0.1, 0.15) is 20.8 Å². The summed E-state index contributed by atoms with van der Waals surface area (Å²) in [5.74, 6) is -1.26. The van der Waals surface area contributed by atoms with Crippen molar-refractivity contribution in [3.8, 4) is 0 Å². The summed E-state index contributed by atoms with van der Waals surface area (Å²) in [4.78, 5) is 24.6. The van der Waals surface area contributed by atoms with Crippen molar-refractivity contribution in [2.75, 3.05) is 23.3 Å². The summed E-state index contributed by atoms with van der Waals surface area (Å²) in [6.07, 6.45) is 0. The maximum atomic E-state index is 13.5. The molecule has 0 aliphatic rings. The van der Waals surface area contributed by atoms with E-state index in [1.54, 1.807) is 36.4 Å². The number of sulfonamides is 1. The molecular weight excluding hydrogens is 436 g/mol. The molecule has 162 valence electrons. The molecule has 1 aromatic heterocycles. The van der Waals surface area contributed by atoms with Crippen molar-refractivity contribution >= 4 is 44.6 Å². The molecule has 1 amide bonds. The zero-order valence-corrected chi connectivity index (χ0v) is 18.9. The molecule has 0 aliphatic heterocycles.